The standard InChI is InChI=1S/C16H18N2O6/c1-4-24-15(20)12-11(14(19)22-2)13(16(21)23-3)18(17-12)10-8-6-5-7-9-10/h5-9,11,13H,4H2,1-3H3. The summed E-state index contributed by atoms with van der Waals surface area (Å²) in [6.45, 7) is 1.74. The third kappa shape index (κ3) is 3.22. The number of benzene rings is 1. The molecule has 1 heterocycles. The van der Waals surface area contributed by atoms with E-state index in [2.05, 4.69) is 5.10 Å². The van der Waals surface area contributed by atoms with Crippen molar-refractivity contribution < 1.29 is 28.6 Å². The number of hydrogen-bond donors (Lipinski definition) is 0. The Bertz CT molecular complexity index is 658. The molecule has 2 unspecified atom stereocenters. The number of esters is 3. The van der Waals surface area contributed by atoms with Gasteiger partial charge in [-0.15, -0.1) is 0 Å². The molecule has 8 nitrogen and oxygen atoms in total. The van der Waals surface area contributed by atoms with E-state index in [1.54, 1.807) is 37.3 Å². The highest BCUT2D eigenvalue weighted by atomic mass is 16.5. The topological polar surface area (TPSA) is 94.5 Å². The minimum atomic E-state index is -1.23. The van der Waals surface area contributed by atoms with Gasteiger partial charge in [0.15, 0.2) is 11.8 Å². The number of carbonyl (C=O) groups is 3. The molecule has 1 aromatic carbocycles. The number of nitrogens with zero attached hydrogens (tertiary/aromatic N) is 2. The highest BCUT2D eigenvalue weighted by Gasteiger charge is 2.51. The van der Waals surface area contributed by atoms with Crippen LogP contribution in [0.25, 0.3) is 0 Å². The van der Waals surface area contributed by atoms with Crippen molar-refractivity contribution in [1.82, 2.24) is 0 Å². The van der Waals surface area contributed by atoms with Gasteiger partial charge in [0, 0.05) is 0 Å². The summed E-state index contributed by atoms with van der Waals surface area (Å²) < 4.78 is 14.5. The minimum Gasteiger partial charge on any atom is -0.468 e. The van der Waals surface area contributed by atoms with Crippen LogP contribution in [0.3, 0.4) is 0 Å². The van der Waals surface area contributed by atoms with Gasteiger partial charge in [0.1, 0.15) is 5.92 Å². The van der Waals surface area contributed by atoms with Crippen molar-refractivity contribution in [1.29, 1.82) is 0 Å². The minimum absolute atomic E-state index is 0.111. The molecule has 0 spiro atoms. The molecule has 0 N–H and O–H groups in total. The average molecular weight is 334 g/mol. The molecule has 1 aliphatic heterocycles. The normalized spacial score (nSPS) is 19.5. The molecular weight excluding hydrogens is 316 g/mol. The van der Waals surface area contributed by atoms with Crippen LogP contribution in [0.1, 0.15) is 6.92 Å². The number of hydrogen-bond acceptors (Lipinski definition) is 8. The molecule has 2 atom stereocenters. The van der Waals surface area contributed by atoms with Crippen molar-refractivity contribution >= 4 is 29.3 Å². The summed E-state index contributed by atoms with van der Waals surface area (Å²) in [6, 6.07) is 7.53. The van der Waals surface area contributed by atoms with E-state index in [-0.39, 0.29) is 12.3 Å². The lowest BCUT2D eigenvalue weighted by atomic mass is 9.95. The van der Waals surface area contributed by atoms with Gasteiger partial charge in [-0.25, -0.2) is 14.6 Å². The summed E-state index contributed by atoms with van der Waals surface area (Å²) in [5, 5.41) is 5.43. The van der Waals surface area contributed by atoms with Gasteiger partial charge in [-0.05, 0) is 19.1 Å². The second-order valence-corrected chi connectivity index (χ2v) is 4.85. The smallest absolute Gasteiger partial charge is 0.355 e. The highest BCUT2D eigenvalue weighted by Crippen LogP contribution is 2.30. The molecule has 0 saturated carbocycles. The summed E-state index contributed by atoms with van der Waals surface area (Å²) in [7, 11) is 2.37. The number of rotatable bonds is 5. The number of hydrazone groups is 1. The number of para-hydroxylation sites is 1. The summed E-state index contributed by atoms with van der Waals surface area (Å²) in [5.74, 6) is -3.49. The summed E-state index contributed by atoms with van der Waals surface area (Å²) in [4.78, 5) is 36.6. The van der Waals surface area contributed by atoms with E-state index >= 15 is 0 Å². The van der Waals surface area contributed by atoms with Gasteiger partial charge in [0.05, 0.1) is 26.5 Å². The van der Waals surface area contributed by atoms with E-state index in [1.807, 2.05) is 0 Å². The molecule has 2 rings (SSSR count). The van der Waals surface area contributed by atoms with Crippen LogP contribution in [0.15, 0.2) is 35.4 Å². The van der Waals surface area contributed by atoms with Crippen molar-refractivity contribution in [3.63, 3.8) is 0 Å². The predicted molar refractivity (Wildman–Crippen MR) is 84.3 cm³/mol. The SMILES string of the molecule is CCOC(=O)C1=NN(c2ccccc2)C(C(=O)OC)C1C(=O)OC. The van der Waals surface area contributed by atoms with Gasteiger partial charge in [-0.2, -0.15) is 5.10 Å². The van der Waals surface area contributed by atoms with Crippen LogP contribution in [-0.4, -0.2) is 50.5 Å². The first kappa shape index (κ1) is 17.5. The third-order valence-electron chi connectivity index (χ3n) is 3.49. The van der Waals surface area contributed by atoms with E-state index in [0.717, 1.165) is 0 Å². The quantitative estimate of drug-likeness (QED) is 0.579. The third-order valence-corrected chi connectivity index (χ3v) is 3.49. The van der Waals surface area contributed by atoms with Crippen LogP contribution < -0.4 is 5.01 Å². The van der Waals surface area contributed by atoms with Crippen LogP contribution in [-0.2, 0) is 28.6 Å². The molecule has 128 valence electrons. The maximum Gasteiger partial charge on any atom is 0.355 e. The lowest BCUT2D eigenvalue weighted by Crippen LogP contribution is -2.46. The van der Waals surface area contributed by atoms with Crippen molar-refractivity contribution in [2.75, 3.05) is 25.8 Å². The van der Waals surface area contributed by atoms with Crippen LogP contribution in [0.5, 0.6) is 0 Å². The van der Waals surface area contributed by atoms with Gasteiger partial charge in [0.2, 0.25) is 0 Å². The lowest BCUT2D eigenvalue weighted by molar-refractivity contribution is -0.151. The summed E-state index contributed by atoms with van der Waals surface area (Å²) >= 11 is 0. The number of carbonyl (C=O) groups excluding carboxylic acids is 3. The second-order valence-electron chi connectivity index (χ2n) is 4.85. The first-order valence-electron chi connectivity index (χ1n) is 7.30. The zero-order chi connectivity index (χ0) is 17.7. The number of ether oxygens (including phenoxy) is 3. The molecule has 0 fully saturated rings. The van der Waals surface area contributed by atoms with Gasteiger partial charge in [-0.3, -0.25) is 4.79 Å². The Kier molecular flexibility index (Phi) is 5.51. The van der Waals surface area contributed by atoms with Crippen molar-refractivity contribution in [3.8, 4) is 0 Å². The van der Waals surface area contributed by atoms with Gasteiger partial charge in [-0.1, -0.05) is 18.2 Å². The van der Waals surface area contributed by atoms with Crippen LogP contribution in [0.2, 0.25) is 0 Å². The van der Waals surface area contributed by atoms with Gasteiger partial charge >= 0.3 is 17.9 Å². The maximum atomic E-state index is 12.3. The zero-order valence-corrected chi connectivity index (χ0v) is 13.6. The molecule has 0 saturated heterocycles. The molecule has 1 aromatic rings. The number of anilines is 1. The fourth-order valence-corrected chi connectivity index (χ4v) is 2.43. The molecule has 8 heteroatoms. The van der Waals surface area contributed by atoms with Crippen molar-refractivity contribution in [2.45, 2.75) is 13.0 Å². The van der Waals surface area contributed by atoms with Gasteiger partial charge < -0.3 is 14.2 Å². The molecule has 0 amide bonds. The van der Waals surface area contributed by atoms with Crippen molar-refractivity contribution in [3.05, 3.63) is 30.3 Å². The molecule has 0 aromatic heterocycles. The van der Waals surface area contributed by atoms with Crippen molar-refractivity contribution in [2.24, 2.45) is 11.0 Å². The Hall–Kier alpha value is -2.90. The number of methoxy groups -OCH3 is 2. The molecular formula is C16H18N2O6. The lowest BCUT2D eigenvalue weighted by Gasteiger charge is -2.24. The average Bonchev–Trinajstić information content (AvgIpc) is 3.02. The van der Waals surface area contributed by atoms with E-state index in [1.165, 1.54) is 19.2 Å². The van der Waals surface area contributed by atoms with E-state index in [4.69, 9.17) is 14.2 Å². The Morgan fingerprint density at radius 2 is 1.71 bits per heavy atom. The van der Waals surface area contributed by atoms with E-state index in [9.17, 15) is 14.4 Å². The molecule has 1 aliphatic rings. The van der Waals surface area contributed by atoms with Gasteiger partial charge in [0.25, 0.3) is 0 Å². The molecule has 0 radical (unpaired) electrons. The molecule has 24 heavy (non-hydrogen) atoms. The van der Waals surface area contributed by atoms with E-state index < -0.39 is 29.9 Å². The monoisotopic (exact) mass is 334 g/mol. The Morgan fingerprint density at radius 3 is 2.25 bits per heavy atom. The zero-order valence-electron chi connectivity index (χ0n) is 13.6. The fourth-order valence-electron chi connectivity index (χ4n) is 2.43. The Labute approximate surface area is 139 Å². The Balaban J connectivity index is 2.52. The fraction of sp³-hybridized carbons (Fsp3) is 0.375. The first-order chi connectivity index (χ1) is 11.5. The Morgan fingerprint density at radius 1 is 1.08 bits per heavy atom. The highest BCUT2D eigenvalue weighted by molar-refractivity contribution is 6.42. The maximum absolute atomic E-state index is 12.3. The molecule has 0 bridgehead atoms. The van der Waals surface area contributed by atoms with Crippen LogP contribution >= 0.6 is 0 Å². The largest absolute Gasteiger partial charge is 0.468 e. The molecule has 0 aliphatic carbocycles. The first-order valence-corrected chi connectivity index (χ1v) is 7.30. The van der Waals surface area contributed by atoms with E-state index in [0.29, 0.717) is 5.69 Å². The second kappa shape index (κ2) is 7.58. The summed E-state index contributed by atoms with van der Waals surface area (Å²) in [6.07, 6.45) is 0. The predicted octanol–water partition coefficient (Wildman–Crippen LogP) is 0.756. The van der Waals surface area contributed by atoms with Crippen LogP contribution in [0, 0.1) is 5.92 Å². The summed E-state index contributed by atoms with van der Waals surface area (Å²) in [5.41, 5.74) is 0.337. The van der Waals surface area contributed by atoms with Crippen LogP contribution in [0.4, 0.5) is 5.69 Å².